The van der Waals surface area contributed by atoms with E-state index in [1.54, 1.807) is 0 Å². The molecule has 0 heteroatoms. The number of allylic oxidation sites excluding steroid dienone is 8. The highest BCUT2D eigenvalue weighted by molar-refractivity contribution is 5.32. The van der Waals surface area contributed by atoms with E-state index in [2.05, 4.69) is 45.1 Å². The maximum Gasteiger partial charge on any atom is -0.0282 e. The molecule has 0 spiro atoms. The second kappa shape index (κ2) is 8.55. The van der Waals surface area contributed by atoms with E-state index in [0.717, 1.165) is 0 Å². The average Bonchev–Trinajstić information content (AvgIpc) is 2.20. The van der Waals surface area contributed by atoms with Gasteiger partial charge >= 0.3 is 0 Å². The minimum atomic E-state index is 1.18. The fourth-order valence-corrected chi connectivity index (χ4v) is 1.32. The van der Waals surface area contributed by atoms with E-state index in [1.165, 1.54) is 24.0 Å². The van der Waals surface area contributed by atoms with Gasteiger partial charge in [0, 0.05) is 0 Å². The van der Waals surface area contributed by atoms with Crippen LogP contribution in [0.2, 0.25) is 0 Å². The van der Waals surface area contributed by atoms with Gasteiger partial charge < -0.3 is 0 Å². The van der Waals surface area contributed by atoms with Gasteiger partial charge in [0.25, 0.3) is 0 Å². The summed E-state index contributed by atoms with van der Waals surface area (Å²) in [6.45, 7) is 8.52. The summed E-state index contributed by atoms with van der Waals surface area (Å²) in [7, 11) is 0. The lowest BCUT2D eigenvalue weighted by atomic mass is 10.0. The molecule has 0 saturated carbocycles. The lowest BCUT2D eigenvalue weighted by Gasteiger charge is -2.04. The molecule has 0 nitrogen and oxygen atoms in total. The van der Waals surface area contributed by atoms with Crippen molar-refractivity contribution in [3.8, 4) is 0 Å². The van der Waals surface area contributed by atoms with Crippen LogP contribution in [0.4, 0.5) is 0 Å². The average molecular weight is 190 g/mol. The molecule has 0 amide bonds. The SMILES string of the molecule is CC=C\C=C/C=C(C)/C(=C\C)CCC. The summed E-state index contributed by atoms with van der Waals surface area (Å²) in [6.07, 6.45) is 15.0. The van der Waals surface area contributed by atoms with Crippen molar-refractivity contribution < 1.29 is 0 Å². The van der Waals surface area contributed by atoms with Crippen LogP contribution in [0.15, 0.2) is 47.6 Å². The molecule has 0 saturated heterocycles. The zero-order valence-electron chi connectivity index (χ0n) is 9.88. The lowest BCUT2D eigenvalue weighted by molar-refractivity contribution is 0.909. The van der Waals surface area contributed by atoms with Gasteiger partial charge in [-0.2, -0.15) is 0 Å². The smallest absolute Gasteiger partial charge is 0.0282 e. The van der Waals surface area contributed by atoms with Crippen LogP contribution in [0, 0.1) is 0 Å². The van der Waals surface area contributed by atoms with Crippen LogP contribution in [-0.2, 0) is 0 Å². The summed E-state index contributed by atoms with van der Waals surface area (Å²) in [5.41, 5.74) is 2.83. The summed E-state index contributed by atoms with van der Waals surface area (Å²) in [5, 5.41) is 0. The Morgan fingerprint density at radius 3 is 2.29 bits per heavy atom. The van der Waals surface area contributed by atoms with Gasteiger partial charge in [-0.15, -0.1) is 0 Å². The maximum absolute atomic E-state index is 2.21. The van der Waals surface area contributed by atoms with Gasteiger partial charge in [-0.05, 0) is 38.3 Å². The summed E-state index contributed by atoms with van der Waals surface area (Å²) >= 11 is 0. The fraction of sp³-hybridized carbons (Fsp3) is 0.429. The summed E-state index contributed by atoms with van der Waals surface area (Å²) < 4.78 is 0. The molecular formula is C14H22. The van der Waals surface area contributed by atoms with Crippen molar-refractivity contribution in [2.24, 2.45) is 0 Å². The molecular weight excluding hydrogens is 168 g/mol. The van der Waals surface area contributed by atoms with E-state index in [0.29, 0.717) is 0 Å². The van der Waals surface area contributed by atoms with Gasteiger partial charge in [0.05, 0.1) is 0 Å². The molecule has 0 radical (unpaired) electrons. The molecule has 78 valence electrons. The highest BCUT2D eigenvalue weighted by atomic mass is 14.0. The Morgan fingerprint density at radius 1 is 1.07 bits per heavy atom. The van der Waals surface area contributed by atoms with E-state index in [4.69, 9.17) is 0 Å². The lowest BCUT2D eigenvalue weighted by Crippen LogP contribution is -1.84. The van der Waals surface area contributed by atoms with Crippen molar-refractivity contribution in [1.29, 1.82) is 0 Å². The zero-order valence-corrected chi connectivity index (χ0v) is 9.88. The van der Waals surface area contributed by atoms with Crippen LogP contribution in [0.1, 0.15) is 40.5 Å². The van der Waals surface area contributed by atoms with E-state index in [-0.39, 0.29) is 0 Å². The minimum absolute atomic E-state index is 1.18. The molecule has 0 aromatic heterocycles. The van der Waals surface area contributed by atoms with Crippen LogP contribution >= 0.6 is 0 Å². The molecule has 0 unspecified atom stereocenters. The molecule has 14 heavy (non-hydrogen) atoms. The van der Waals surface area contributed by atoms with Gasteiger partial charge in [-0.1, -0.05) is 49.8 Å². The standard InChI is InChI=1S/C14H22/c1-5-8-9-10-12-13(4)14(7-3)11-6-2/h5,7-10,12H,6,11H2,1-4H3/b8-5?,10-9-,13-12+,14-7-. The van der Waals surface area contributed by atoms with Gasteiger partial charge in [-0.3, -0.25) is 0 Å². The Balaban J connectivity index is 4.34. The Hall–Kier alpha value is -1.04. The first-order valence-corrected chi connectivity index (χ1v) is 5.38. The van der Waals surface area contributed by atoms with Gasteiger partial charge in [0.1, 0.15) is 0 Å². The molecule has 0 aliphatic heterocycles. The predicted molar refractivity (Wildman–Crippen MR) is 66.4 cm³/mol. The monoisotopic (exact) mass is 190 g/mol. The van der Waals surface area contributed by atoms with E-state index in [9.17, 15) is 0 Å². The quantitative estimate of drug-likeness (QED) is 0.546. The van der Waals surface area contributed by atoms with Crippen LogP contribution in [0.3, 0.4) is 0 Å². The predicted octanol–water partition coefficient (Wildman–Crippen LogP) is 4.81. The highest BCUT2D eigenvalue weighted by Gasteiger charge is 1.95. The number of hydrogen-bond acceptors (Lipinski definition) is 0. The van der Waals surface area contributed by atoms with Crippen molar-refractivity contribution in [1.82, 2.24) is 0 Å². The first-order chi connectivity index (χ1) is 6.76. The Bertz CT molecular complexity index is 249. The molecule has 0 aromatic carbocycles. The molecule has 0 N–H and O–H groups in total. The Kier molecular flexibility index (Phi) is 7.92. The van der Waals surface area contributed by atoms with Crippen LogP contribution < -0.4 is 0 Å². The van der Waals surface area contributed by atoms with Crippen molar-refractivity contribution in [3.05, 3.63) is 47.6 Å². The summed E-state index contributed by atoms with van der Waals surface area (Å²) in [4.78, 5) is 0. The maximum atomic E-state index is 2.21. The van der Waals surface area contributed by atoms with Gasteiger partial charge in [0.2, 0.25) is 0 Å². The second-order valence-electron chi connectivity index (χ2n) is 3.32. The topological polar surface area (TPSA) is 0 Å². The summed E-state index contributed by atoms with van der Waals surface area (Å²) in [5.74, 6) is 0. The third-order valence-corrected chi connectivity index (χ3v) is 2.14. The number of hydrogen-bond donors (Lipinski definition) is 0. The van der Waals surface area contributed by atoms with E-state index >= 15 is 0 Å². The van der Waals surface area contributed by atoms with Crippen LogP contribution in [-0.4, -0.2) is 0 Å². The van der Waals surface area contributed by atoms with Crippen molar-refractivity contribution in [2.75, 3.05) is 0 Å². The number of rotatable bonds is 5. The third kappa shape index (κ3) is 5.58. The molecule has 0 aliphatic carbocycles. The van der Waals surface area contributed by atoms with Crippen molar-refractivity contribution >= 4 is 0 Å². The van der Waals surface area contributed by atoms with Crippen LogP contribution in [0.25, 0.3) is 0 Å². The molecule has 0 aromatic rings. The molecule has 0 rings (SSSR count). The van der Waals surface area contributed by atoms with E-state index < -0.39 is 0 Å². The molecule has 0 aliphatic rings. The molecule has 0 atom stereocenters. The van der Waals surface area contributed by atoms with E-state index in [1.807, 2.05) is 19.1 Å². The van der Waals surface area contributed by atoms with Gasteiger partial charge in [-0.25, -0.2) is 0 Å². The molecule has 0 heterocycles. The van der Waals surface area contributed by atoms with Crippen molar-refractivity contribution in [2.45, 2.75) is 40.5 Å². The summed E-state index contributed by atoms with van der Waals surface area (Å²) in [6, 6.07) is 0. The van der Waals surface area contributed by atoms with Gasteiger partial charge in [0.15, 0.2) is 0 Å². The first kappa shape index (κ1) is 13.0. The van der Waals surface area contributed by atoms with Crippen molar-refractivity contribution in [3.63, 3.8) is 0 Å². The zero-order chi connectivity index (χ0) is 10.8. The fourth-order valence-electron chi connectivity index (χ4n) is 1.32. The third-order valence-electron chi connectivity index (χ3n) is 2.14. The Morgan fingerprint density at radius 2 is 1.79 bits per heavy atom. The van der Waals surface area contributed by atoms with Crippen LogP contribution in [0.5, 0.6) is 0 Å². The molecule has 0 fully saturated rings. The molecule has 0 bridgehead atoms. The highest BCUT2D eigenvalue weighted by Crippen LogP contribution is 2.15. The normalized spacial score (nSPS) is 14.6. The largest absolute Gasteiger partial charge is 0.0877 e. The Labute approximate surface area is 88.7 Å². The second-order valence-corrected chi connectivity index (χ2v) is 3.32. The minimum Gasteiger partial charge on any atom is -0.0877 e. The first-order valence-electron chi connectivity index (χ1n) is 5.38.